The summed E-state index contributed by atoms with van der Waals surface area (Å²) in [6, 6.07) is 0. The van der Waals surface area contributed by atoms with Gasteiger partial charge in [0.25, 0.3) is 0 Å². The van der Waals surface area contributed by atoms with Gasteiger partial charge in [0.15, 0.2) is 0 Å². The molecule has 0 bridgehead atoms. The predicted octanol–water partition coefficient (Wildman–Crippen LogP) is -3.67. The molecule has 0 atom stereocenters. The van der Waals surface area contributed by atoms with Gasteiger partial charge in [-0.3, -0.25) is 0 Å². The molecule has 0 heterocycles. The van der Waals surface area contributed by atoms with Crippen molar-refractivity contribution < 1.29 is 34.8 Å². The number of carboxylic acid groups (broad SMARTS) is 4. The van der Waals surface area contributed by atoms with Crippen molar-refractivity contribution in [1.82, 2.24) is 0 Å². The minimum Gasteiger partial charge on any atom is -0.543 e. The quantitative estimate of drug-likeness (QED) is 0.296. The molecule has 0 saturated carbocycles. The van der Waals surface area contributed by atoms with Crippen molar-refractivity contribution in [3.8, 4) is 0 Å². The molecule has 58 valence electrons. The zero-order chi connectivity index (χ0) is 8.73. The summed E-state index contributed by atoms with van der Waals surface area (Å²) >= 11 is 0. The molecule has 0 aliphatic rings. The molecule has 0 rings (SSSR count). The van der Waals surface area contributed by atoms with Gasteiger partial charge in [0.1, 0.15) is 0 Å². The molecule has 0 aromatic carbocycles. The van der Waals surface area contributed by atoms with Crippen LogP contribution in [0.5, 0.6) is 0 Å². The third-order valence-corrected chi connectivity index (χ3v) is 0.167. The van der Waals surface area contributed by atoms with Crippen molar-refractivity contribution in [3.05, 3.63) is 0 Å². The maximum Gasteiger partial charge on any atom is 2.00 e. The number of hydrogen-bond acceptors (Lipinski definition) is 5. The monoisotopic (exact) mass is 190 g/mol. The van der Waals surface area contributed by atoms with Crippen LogP contribution < -0.4 is 10.2 Å². The molecule has 0 aliphatic heterocycles. The Kier molecular flexibility index (Phi) is 14.5. The first kappa shape index (κ1) is 16.8. The Morgan fingerprint density at radius 2 is 1.00 bits per heavy atom. The third kappa shape index (κ3) is 43.9. The molecule has 0 saturated heterocycles. The smallest absolute Gasteiger partial charge is 0.543 e. The fourth-order valence-electron chi connectivity index (χ4n) is 0. The summed E-state index contributed by atoms with van der Waals surface area (Å²) in [4.78, 5) is 26.4. The fourth-order valence-corrected chi connectivity index (χ4v) is 0. The summed E-state index contributed by atoms with van der Waals surface area (Å²) in [7, 11) is 0. The maximum absolute atomic E-state index is 8.93. The van der Waals surface area contributed by atoms with E-state index in [-0.39, 0.29) is 37.7 Å². The van der Waals surface area contributed by atoms with Crippen LogP contribution in [0.2, 0.25) is 0 Å². The van der Waals surface area contributed by atoms with Crippen molar-refractivity contribution >= 4 is 55.8 Å². The van der Waals surface area contributed by atoms with Gasteiger partial charge in [-0.25, -0.2) is 4.79 Å². The molecular weight excluding hydrogens is 188 g/mol. The van der Waals surface area contributed by atoms with E-state index in [0.29, 0.717) is 0 Å². The van der Waals surface area contributed by atoms with Gasteiger partial charge < -0.3 is 30.0 Å². The van der Waals surface area contributed by atoms with Crippen LogP contribution in [-0.4, -0.2) is 66.0 Å². The molecule has 0 aliphatic carbocycles. The van der Waals surface area contributed by atoms with Crippen LogP contribution in [0.3, 0.4) is 0 Å². The minimum absolute atomic E-state index is 0. The zero-order valence-corrected chi connectivity index (χ0v) is 7.35. The first-order valence-electron chi connectivity index (χ1n) is 1.72. The van der Waals surface area contributed by atoms with E-state index in [2.05, 4.69) is 0 Å². The molecule has 2 N–H and O–H groups in total. The molecule has 7 nitrogen and oxygen atoms in total. The second-order valence-electron chi connectivity index (χ2n) is 0.857. The molecule has 0 aromatic heterocycles. The summed E-state index contributed by atoms with van der Waals surface area (Å²) < 4.78 is 0. The van der Waals surface area contributed by atoms with E-state index >= 15 is 0 Å². The molecule has 0 spiro atoms. The van der Waals surface area contributed by atoms with E-state index in [0.717, 1.165) is 0 Å². The van der Waals surface area contributed by atoms with E-state index in [9.17, 15) is 0 Å². The Balaban J connectivity index is -0.000000114. The minimum atomic E-state index is -2.19. The van der Waals surface area contributed by atoms with Crippen molar-refractivity contribution in [3.63, 3.8) is 0 Å². The zero-order valence-electron chi connectivity index (χ0n) is 5.14. The number of carbonyl (C=O) groups excluding carboxylic acids is 2. The van der Waals surface area contributed by atoms with Gasteiger partial charge in [-0.2, -0.15) is 0 Å². The van der Waals surface area contributed by atoms with Gasteiger partial charge in [-0.15, -0.1) is 0 Å². The van der Waals surface area contributed by atoms with Gasteiger partial charge in [0, 0.05) is 0 Å². The van der Waals surface area contributed by atoms with Crippen LogP contribution in [0, 0.1) is 0 Å². The molecule has 0 aromatic rings. The molecule has 0 fully saturated rings. The van der Waals surface area contributed by atoms with E-state index in [1.54, 1.807) is 0 Å². The average molecular weight is 190 g/mol. The topological polar surface area (TPSA) is 138 Å². The van der Waals surface area contributed by atoms with E-state index in [4.69, 9.17) is 34.8 Å². The number of rotatable bonds is 0. The Labute approximate surface area is 90.3 Å². The Hall–Kier alpha value is -0.530. The number of aliphatic carboxylic acids is 2. The Morgan fingerprint density at radius 1 is 0.909 bits per heavy atom. The van der Waals surface area contributed by atoms with Crippen LogP contribution >= 0.6 is 0 Å². The van der Waals surface area contributed by atoms with Crippen LogP contribution in [0.25, 0.3) is 0 Å². The van der Waals surface area contributed by atoms with E-state index < -0.39 is 18.1 Å². The SMILES string of the molecule is O=C(O)O.O=C([O-])C(=O)[O-].[Ca+2]. The largest absolute Gasteiger partial charge is 2.00 e. The van der Waals surface area contributed by atoms with Crippen molar-refractivity contribution in [2.24, 2.45) is 0 Å². The molecule has 11 heavy (non-hydrogen) atoms. The van der Waals surface area contributed by atoms with Gasteiger partial charge in [-0.05, 0) is 0 Å². The first-order chi connectivity index (χ1) is 4.37. The van der Waals surface area contributed by atoms with E-state index in [1.807, 2.05) is 0 Å². The van der Waals surface area contributed by atoms with Crippen molar-refractivity contribution in [1.29, 1.82) is 0 Å². The second kappa shape index (κ2) is 9.47. The summed E-state index contributed by atoms with van der Waals surface area (Å²) in [6.45, 7) is 0. The Morgan fingerprint density at radius 3 is 1.00 bits per heavy atom. The van der Waals surface area contributed by atoms with Crippen LogP contribution in [-0.2, 0) is 9.59 Å². The van der Waals surface area contributed by atoms with Crippen LogP contribution in [0.15, 0.2) is 0 Å². The van der Waals surface area contributed by atoms with E-state index in [1.165, 1.54) is 0 Å². The average Bonchev–Trinajstić information content (AvgIpc) is 1.63. The number of hydrogen-bond donors (Lipinski definition) is 2. The van der Waals surface area contributed by atoms with Crippen LogP contribution in [0.1, 0.15) is 0 Å². The molecule has 0 radical (unpaired) electrons. The first-order valence-corrected chi connectivity index (χ1v) is 1.72. The predicted molar refractivity (Wildman–Crippen MR) is 26.4 cm³/mol. The number of carboxylic acids is 2. The Bertz CT molecular complexity index is 136. The maximum atomic E-state index is 8.93. The van der Waals surface area contributed by atoms with Crippen LogP contribution in [0.4, 0.5) is 4.79 Å². The molecule has 8 heteroatoms. The summed E-state index contributed by atoms with van der Waals surface area (Å²) in [5, 5.41) is 31.8. The van der Waals surface area contributed by atoms with Gasteiger partial charge in [0.05, 0.1) is 11.9 Å². The summed E-state index contributed by atoms with van der Waals surface area (Å²) in [6.07, 6.45) is -1.83. The molecule has 0 unspecified atom stereocenters. The summed E-state index contributed by atoms with van der Waals surface area (Å²) in [5.74, 6) is -4.37. The normalized spacial score (nSPS) is 6.18. The van der Waals surface area contributed by atoms with Crippen molar-refractivity contribution in [2.45, 2.75) is 0 Å². The molecular formula is C3H2CaO7. The molecule has 0 amide bonds. The van der Waals surface area contributed by atoms with Gasteiger partial charge in [0.2, 0.25) is 0 Å². The number of carbonyl (C=O) groups is 3. The summed E-state index contributed by atoms with van der Waals surface area (Å²) in [5.41, 5.74) is 0. The third-order valence-electron chi connectivity index (χ3n) is 0.167. The van der Waals surface area contributed by atoms with Crippen molar-refractivity contribution in [2.75, 3.05) is 0 Å². The van der Waals surface area contributed by atoms with Gasteiger partial charge >= 0.3 is 43.9 Å². The second-order valence-corrected chi connectivity index (χ2v) is 0.857. The van der Waals surface area contributed by atoms with Gasteiger partial charge in [-0.1, -0.05) is 0 Å². The standard InChI is InChI=1S/C2H2O4.CH2O3.Ca/c3-1(4)2(5)6;2-1(3)4;/h(H,3,4)(H,5,6);(H2,2,3,4);/q;;+2/p-2. The fraction of sp³-hybridized carbons (Fsp3) is 0.